The third-order valence-corrected chi connectivity index (χ3v) is 8.00. The molecule has 2 heterocycles. The van der Waals surface area contributed by atoms with E-state index in [4.69, 9.17) is 23.2 Å². The van der Waals surface area contributed by atoms with Crippen molar-refractivity contribution in [2.75, 3.05) is 30.3 Å². The molecule has 9 nitrogen and oxygen atoms in total. The van der Waals surface area contributed by atoms with Crippen molar-refractivity contribution < 1.29 is 39.5 Å². The van der Waals surface area contributed by atoms with Crippen LogP contribution in [0.25, 0.3) is 0 Å². The van der Waals surface area contributed by atoms with Crippen LogP contribution in [-0.4, -0.2) is 59.6 Å². The van der Waals surface area contributed by atoms with E-state index in [0.29, 0.717) is 0 Å². The summed E-state index contributed by atoms with van der Waals surface area (Å²) in [6.45, 7) is -1.58. The Bertz CT molecular complexity index is 1480. The number of sulfonamides is 1. The molecular weight excluding hydrogens is 625 g/mol. The van der Waals surface area contributed by atoms with E-state index in [2.05, 4.69) is 30.3 Å². The predicted octanol–water partition coefficient (Wildman–Crippen LogP) is 6.15. The molecule has 1 aliphatic rings. The zero-order valence-electron chi connectivity index (χ0n) is 20.6. The molecule has 0 aliphatic carbocycles. The van der Waals surface area contributed by atoms with E-state index in [1.54, 1.807) is 0 Å². The van der Waals surface area contributed by atoms with Crippen molar-refractivity contribution in [2.24, 2.45) is 0 Å². The summed E-state index contributed by atoms with van der Waals surface area (Å²) in [5.41, 5.74) is -1.05. The predicted molar refractivity (Wildman–Crippen MR) is 138 cm³/mol. The molecule has 222 valence electrons. The lowest BCUT2D eigenvalue weighted by Crippen LogP contribution is -2.42. The van der Waals surface area contributed by atoms with E-state index in [-0.39, 0.29) is 58.5 Å². The van der Waals surface area contributed by atoms with Crippen LogP contribution in [0, 0.1) is 0 Å². The van der Waals surface area contributed by atoms with Crippen LogP contribution >= 0.6 is 23.2 Å². The van der Waals surface area contributed by atoms with Gasteiger partial charge in [0.2, 0.25) is 21.9 Å². The molecule has 0 saturated carbocycles. The number of piperidine rings is 1. The molecular formula is C23H20Cl2F6N6O3S. The Morgan fingerprint density at radius 3 is 2.17 bits per heavy atom. The molecule has 4 rings (SSSR count). The summed E-state index contributed by atoms with van der Waals surface area (Å²) < 4.78 is 109. The molecule has 1 aromatic heterocycles. The molecule has 2 aromatic carbocycles. The van der Waals surface area contributed by atoms with Gasteiger partial charge < -0.3 is 15.4 Å². The zero-order chi connectivity index (χ0) is 30.0. The van der Waals surface area contributed by atoms with Crippen molar-refractivity contribution in [2.45, 2.75) is 36.1 Å². The maximum Gasteiger partial charge on any atom is 0.422 e. The van der Waals surface area contributed by atoms with Gasteiger partial charge >= 0.3 is 18.4 Å². The molecule has 0 radical (unpaired) electrons. The molecule has 0 bridgehead atoms. The van der Waals surface area contributed by atoms with Gasteiger partial charge in [0.25, 0.3) is 0 Å². The molecule has 1 aliphatic heterocycles. The average molecular weight is 645 g/mol. The molecule has 18 heteroatoms. The molecule has 1 saturated heterocycles. The number of alkyl halides is 6. The molecule has 41 heavy (non-hydrogen) atoms. The summed E-state index contributed by atoms with van der Waals surface area (Å²) in [7, 11) is -3.91. The van der Waals surface area contributed by atoms with Crippen LogP contribution in [0.5, 0.6) is 6.01 Å². The van der Waals surface area contributed by atoms with Crippen molar-refractivity contribution >= 4 is 50.8 Å². The van der Waals surface area contributed by atoms with Gasteiger partial charge in [0.15, 0.2) is 6.61 Å². The van der Waals surface area contributed by atoms with Crippen LogP contribution < -0.4 is 15.4 Å². The lowest BCUT2D eigenvalue weighted by molar-refractivity contribution is -0.154. The highest BCUT2D eigenvalue weighted by Gasteiger charge is 2.32. The van der Waals surface area contributed by atoms with Crippen LogP contribution in [0.3, 0.4) is 0 Å². The van der Waals surface area contributed by atoms with Gasteiger partial charge in [-0.15, -0.1) is 0 Å². The summed E-state index contributed by atoms with van der Waals surface area (Å²) in [5.74, 6) is -0.605. The second kappa shape index (κ2) is 12.0. The van der Waals surface area contributed by atoms with Gasteiger partial charge in [-0.3, -0.25) is 0 Å². The Labute approximate surface area is 239 Å². The maximum absolute atomic E-state index is 13.1. The van der Waals surface area contributed by atoms with Crippen LogP contribution in [0.15, 0.2) is 47.4 Å². The number of benzene rings is 2. The third kappa shape index (κ3) is 8.47. The summed E-state index contributed by atoms with van der Waals surface area (Å²) in [6, 6.07) is 6.84. The van der Waals surface area contributed by atoms with E-state index in [1.165, 1.54) is 28.6 Å². The third-order valence-electron chi connectivity index (χ3n) is 5.69. The number of nitrogens with zero attached hydrogens (tertiary/aromatic N) is 4. The first kappa shape index (κ1) is 30.9. The van der Waals surface area contributed by atoms with Gasteiger partial charge in [0.1, 0.15) is 0 Å². The number of aromatic nitrogens is 3. The van der Waals surface area contributed by atoms with E-state index in [1.807, 2.05) is 0 Å². The number of nitrogens with one attached hydrogen (secondary N) is 2. The molecule has 0 spiro atoms. The van der Waals surface area contributed by atoms with Crippen molar-refractivity contribution in [3.8, 4) is 6.01 Å². The van der Waals surface area contributed by atoms with Crippen molar-refractivity contribution in [3.63, 3.8) is 0 Å². The molecule has 3 aromatic rings. The smallest absolute Gasteiger partial charge is 0.422 e. The highest BCUT2D eigenvalue weighted by atomic mass is 35.5. The van der Waals surface area contributed by atoms with Gasteiger partial charge in [-0.05, 0) is 49.2 Å². The Kier molecular flexibility index (Phi) is 9.06. The SMILES string of the molecule is O=S(=O)(c1cc(Cl)cc(Cl)c1)N1CCC(Nc2nc(Nc3cccc(C(F)(F)F)c3)nc(OCC(F)(F)F)n2)CC1. The topological polar surface area (TPSA) is 109 Å². The second-order valence-corrected chi connectivity index (χ2v) is 11.6. The summed E-state index contributed by atoms with van der Waals surface area (Å²) in [6.07, 6.45) is -8.82. The molecule has 2 N–H and O–H groups in total. The Balaban J connectivity index is 1.50. The fraction of sp³-hybridized carbons (Fsp3) is 0.348. The van der Waals surface area contributed by atoms with Crippen molar-refractivity contribution in [3.05, 3.63) is 58.1 Å². The molecule has 1 fully saturated rings. The highest BCUT2D eigenvalue weighted by molar-refractivity contribution is 7.89. The monoisotopic (exact) mass is 644 g/mol. The van der Waals surface area contributed by atoms with E-state index < -0.39 is 46.6 Å². The fourth-order valence-corrected chi connectivity index (χ4v) is 6.04. The summed E-state index contributed by atoms with van der Waals surface area (Å²) in [4.78, 5) is 11.5. The Morgan fingerprint density at radius 2 is 1.56 bits per heavy atom. The summed E-state index contributed by atoms with van der Waals surface area (Å²) >= 11 is 11.9. The largest absolute Gasteiger partial charge is 0.454 e. The van der Waals surface area contributed by atoms with Crippen LogP contribution in [0.4, 0.5) is 43.9 Å². The quantitative estimate of drug-likeness (QED) is 0.281. The van der Waals surface area contributed by atoms with Gasteiger partial charge in [0.05, 0.1) is 10.5 Å². The Morgan fingerprint density at radius 1 is 0.927 bits per heavy atom. The molecule has 0 atom stereocenters. The van der Waals surface area contributed by atoms with E-state index >= 15 is 0 Å². The standard InChI is InChI=1S/C23H20Cl2F6N6O3S/c24-14-9-15(25)11-18(10-14)41(38,39)37-6-4-16(5-7-37)32-19-34-20(36-21(35-19)40-12-22(26,27)28)33-17-3-1-2-13(8-17)23(29,30)31/h1-3,8-11,16H,4-7,12H2,(H2,32,33,34,35,36). The number of rotatable bonds is 8. The number of halogens is 8. The minimum Gasteiger partial charge on any atom is -0.454 e. The van der Waals surface area contributed by atoms with Gasteiger partial charge in [0, 0.05) is 34.9 Å². The maximum atomic E-state index is 13.1. The minimum atomic E-state index is -4.71. The number of hydrogen-bond acceptors (Lipinski definition) is 8. The van der Waals surface area contributed by atoms with Gasteiger partial charge in [-0.2, -0.15) is 45.6 Å². The van der Waals surface area contributed by atoms with Crippen LogP contribution in [-0.2, 0) is 16.2 Å². The molecule has 0 unspecified atom stereocenters. The second-order valence-electron chi connectivity index (χ2n) is 8.80. The number of hydrogen-bond donors (Lipinski definition) is 2. The van der Waals surface area contributed by atoms with Crippen molar-refractivity contribution in [1.29, 1.82) is 0 Å². The zero-order valence-corrected chi connectivity index (χ0v) is 22.9. The average Bonchev–Trinajstić information content (AvgIpc) is 2.86. The Hall–Kier alpha value is -3.08. The van der Waals surface area contributed by atoms with E-state index in [9.17, 15) is 34.8 Å². The van der Waals surface area contributed by atoms with E-state index in [0.717, 1.165) is 18.2 Å². The first-order chi connectivity index (χ1) is 19.1. The first-order valence-electron chi connectivity index (χ1n) is 11.7. The first-order valence-corrected chi connectivity index (χ1v) is 13.9. The lowest BCUT2D eigenvalue weighted by Gasteiger charge is -2.31. The van der Waals surface area contributed by atoms with Crippen LogP contribution in [0.2, 0.25) is 10.0 Å². The van der Waals surface area contributed by atoms with Gasteiger partial charge in [-0.1, -0.05) is 29.3 Å². The van der Waals surface area contributed by atoms with Crippen LogP contribution in [0.1, 0.15) is 18.4 Å². The summed E-state index contributed by atoms with van der Waals surface area (Å²) in [5, 5.41) is 5.72. The number of anilines is 3. The fourth-order valence-electron chi connectivity index (χ4n) is 3.84. The lowest BCUT2D eigenvalue weighted by atomic mass is 10.1. The van der Waals surface area contributed by atoms with Crippen molar-refractivity contribution in [1.82, 2.24) is 19.3 Å². The normalized spacial score (nSPS) is 15.5. The minimum absolute atomic E-state index is 0.0714. The molecule has 0 amide bonds. The highest BCUT2D eigenvalue weighted by Crippen LogP contribution is 2.32. The van der Waals surface area contributed by atoms with Gasteiger partial charge in [-0.25, -0.2) is 8.42 Å². The number of ether oxygens (including phenoxy) is 1.